The van der Waals surface area contributed by atoms with E-state index in [2.05, 4.69) is 20.9 Å². The number of rotatable bonds is 8. The Morgan fingerprint density at radius 3 is 2.29 bits per heavy atom. The van der Waals surface area contributed by atoms with Crippen molar-refractivity contribution in [1.82, 2.24) is 20.9 Å². The number of primary amides is 1. The van der Waals surface area contributed by atoms with Gasteiger partial charge in [-0.15, -0.1) is 0 Å². The Morgan fingerprint density at radius 1 is 1.00 bits per heavy atom. The minimum absolute atomic E-state index is 0.251. The summed E-state index contributed by atoms with van der Waals surface area (Å²) in [6.07, 6.45) is 2.04. The van der Waals surface area contributed by atoms with E-state index >= 15 is 0 Å². The van der Waals surface area contributed by atoms with Crippen LogP contribution in [0, 0.1) is 0 Å². The molecule has 0 fully saturated rings. The highest BCUT2D eigenvalue weighted by Crippen LogP contribution is 2.19. The Bertz CT molecular complexity index is 891. The summed E-state index contributed by atoms with van der Waals surface area (Å²) in [6.45, 7) is 4.25. The van der Waals surface area contributed by atoms with Crippen LogP contribution in [0.25, 0.3) is 10.9 Å². The third-order valence-corrected chi connectivity index (χ3v) is 4.33. The third kappa shape index (κ3) is 5.32. The van der Waals surface area contributed by atoms with Crippen molar-refractivity contribution in [2.45, 2.75) is 45.3 Å². The molecule has 0 aliphatic heterocycles. The summed E-state index contributed by atoms with van der Waals surface area (Å²) >= 11 is 0. The molecule has 0 aliphatic rings. The smallest absolute Gasteiger partial charge is 0.243 e. The van der Waals surface area contributed by atoms with Crippen LogP contribution in [-0.4, -0.2) is 46.7 Å². The summed E-state index contributed by atoms with van der Waals surface area (Å²) in [7, 11) is 0. The van der Waals surface area contributed by atoms with Crippen LogP contribution in [0.15, 0.2) is 30.5 Å². The maximum Gasteiger partial charge on any atom is 0.243 e. The number of carbonyl (C=O) groups excluding carboxylic acids is 4. The number of hydrogen-bond acceptors (Lipinski definition) is 4. The molecule has 0 aliphatic carbocycles. The van der Waals surface area contributed by atoms with Gasteiger partial charge in [-0.05, 0) is 25.5 Å². The van der Waals surface area contributed by atoms with Crippen molar-refractivity contribution in [2.75, 3.05) is 0 Å². The van der Waals surface area contributed by atoms with E-state index in [0.29, 0.717) is 0 Å². The molecule has 9 heteroatoms. The fourth-order valence-electron chi connectivity index (χ4n) is 2.76. The quantitative estimate of drug-likeness (QED) is 0.423. The van der Waals surface area contributed by atoms with Crippen LogP contribution in [0.2, 0.25) is 0 Å². The minimum atomic E-state index is -0.909. The van der Waals surface area contributed by atoms with E-state index in [1.54, 1.807) is 6.20 Å². The van der Waals surface area contributed by atoms with Gasteiger partial charge in [0.2, 0.25) is 23.6 Å². The van der Waals surface area contributed by atoms with Gasteiger partial charge in [0.05, 0.1) is 0 Å². The Kier molecular flexibility index (Phi) is 6.75. The number of H-pyrrole nitrogens is 1. The first-order valence-electron chi connectivity index (χ1n) is 8.91. The molecule has 4 amide bonds. The molecular weight excluding hydrogens is 362 g/mol. The molecule has 0 radical (unpaired) electrons. The van der Waals surface area contributed by atoms with Gasteiger partial charge in [0.15, 0.2) is 0 Å². The number of aromatic amines is 1. The normalized spacial score (nSPS) is 14.0. The molecule has 150 valence electrons. The first kappa shape index (κ1) is 20.9. The zero-order valence-electron chi connectivity index (χ0n) is 16.0. The number of benzene rings is 1. The number of fused-ring (bicyclic) bond motifs is 1. The van der Waals surface area contributed by atoms with Crippen LogP contribution in [0.4, 0.5) is 0 Å². The van der Waals surface area contributed by atoms with E-state index in [0.717, 1.165) is 16.5 Å². The Morgan fingerprint density at radius 2 is 1.64 bits per heavy atom. The van der Waals surface area contributed by atoms with E-state index in [-0.39, 0.29) is 12.3 Å². The highest BCUT2D eigenvalue weighted by molar-refractivity contribution is 5.94. The van der Waals surface area contributed by atoms with Crippen LogP contribution < -0.4 is 21.7 Å². The number of hydrogen-bond donors (Lipinski definition) is 5. The van der Waals surface area contributed by atoms with Crippen molar-refractivity contribution in [1.29, 1.82) is 0 Å². The average Bonchev–Trinajstić information content (AvgIpc) is 3.03. The van der Waals surface area contributed by atoms with Crippen LogP contribution in [-0.2, 0) is 25.6 Å². The molecule has 2 rings (SSSR count). The number of amides is 4. The fourth-order valence-corrected chi connectivity index (χ4v) is 2.76. The molecular formula is C19H25N5O4. The fraction of sp³-hybridized carbons (Fsp3) is 0.368. The van der Waals surface area contributed by atoms with E-state index in [4.69, 9.17) is 5.73 Å². The Hall–Kier alpha value is -3.36. The molecule has 9 nitrogen and oxygen atoms in total. The van der Waals surface area contributed by atoms with Gasteiger partial charge in [-0.3, -0.25) is 19.2 Å². The predicted octanol–water partition coefficient (Wildman–Crippen LogP) is -0.290. The lowest BCUT2D eigenvalue weighted by atomic mass is 10.0. The molecule has 3 atom stereocenters. The summed E-state index contributed by atoms with van der Waals surface area (Å²) in [6, 6.07) is 5.00. The van der Waals surface area contributed by atoms with Gasteiger partial charge in [-0.2, -0.15) is 0 Å². The van der Waals surface area contributed by atoms with E-state index in [1.807, 2.05) is 24.3 Å². The van der Waals surface area contributed by atoms with E-state index < -0.39 is 35.8 Å². The molecule has 0 spiro atoms. The second-order valence-corrected chi connectivity index (χ2v) is 6.68. The highest BCUT2D eigenvalue weighted by atomic mass is 16.2. The van der Waals surface area contributed by atoms with Gasteiger partial charge in [0.1, 0.15) is 18.1 Å². The maximum absolute atomic E-state index is 12.7. The maximum atomic E-state index is 12.7. The zero-order chi connectivity index (χ0) is 20.8. The first-order valence-corrected chi connectivity index (χ1v) is 8.91. The van der Waals surface area contributed by atoms with Crippen molar-refractivity contribution in [3.63, 3.8) is 0 Å². The molecule has 28 heavy (non-hydrogen) atoms. The summed E-state index contributed by atoms with van der Waals surface area (Å²) in [4.78, 5) is 50.5. The molecule has 1 heterocycles. The average molecular weight is 387 g/mol. The van der Waals surface area contributed by atoms with Crippen molar-refractivity contribution in [3.05, 3.63) is 36.0 Å². The van der Waals surface area contributed by atoms with Gasteiger partial charge < -0.3 is 26.7 Å². The monoisotopic (exact) mass is 387 g/mol. The Balaban J connectivity index is 2.09. The molecule has 0 saturated carbocycles. The molecule has 0 bridgehead atoms. The first-order chi connectivity index (χ1) is 13.2. The molecule has 3 unspecified atom stereocenters. The molecule has 6 N–H and O–H groups in total. The molecule has 1 aromatic heterocycles. The SMILES string of the molecule is CC(=O)NC(Cc1c[nH]c2ccccc12)C(=O)NC(C)C(=O)NC(C)C(N)=O. The second kappa shape index (κ2) is 9.03. The molecule has 0 saturated heterocycles. The van der Waals surface area contributed by atoms with Gasteiger partial charge >= 0.3 is 0 Å². The topological polar surface area (TPSA) is 146 Å². The van der Waals surface area contributed by atoms with Gasteiger partial charge in [0.25, 0.3) is 0 Å². The van der Waals surface area contributed by atoms with E-state index in [1.165, 1.54) is 20.8 Å². The number of nitrogens with one attached hydrogen (secondary N) is 4. The number of carbonyl (C=O) groups is 4. The number of aromatic nitrogens is 1. The second-order valence-electron chi connectivity index (χ2n) is 6.68. The standard InChI is InChI=1S/C19H25N5O4/c1-10(17(20)26)22-18(27)11(2)23-19(28)16(24-12(3)25)8-13-9-21-15-7-5-4-6-14(13)15/h4-7,9-11,16,21H,8H2,1-3H3,(H2,20,26)(H,22,27)(H,23,28)(H,24,25). The predicted molar refractivity (Wildman–Crippen MR) is 104 cm³/mol. The van der Waals surface area contributed by atoms with Crippen molar-refractivity contribution < 1.29 is 19.2 Å². The summed E-state index contributed by atoms with van der Waals surface area (Å²) in [5.74, 6) is -2.09. The third-order valence-electron chi connectivity index (χ3n) is 4.33. The lowest BCUT2D eigenvalue weighted by Crippen LogP contribution is -2.55. The minimum Gasteiger partial charge on any atom is -0.368 e. The van der Waals surface area contributed by atoms with Gasteiger partial charge in [-0.1, -0.05) is 18.2 Å². The van der Waals surface area contributed by atoms with Crippen molar-refractivity contribution >= 4 is 34.5 Å². The highest BCUT2D eigenvalue weighted by Gasteiger charge is 2.25. The van der Waals surface area contributed by atoms with Gasteiger partial charge in [-0.25, -0.2) is 0 Å². The van der Waals surface area contributed by atoms with E-state index in [9.17, 15) is 19.2 Å². The van der Waals surface area contributed by atoms with Gasteiger partial charge in [0, 0.05) is 30.4 Å². The number of para-hydroxylation sites is 1. The summed E-state index contributed by atoms with van der Waals surface area (Å²) < 4.78 is 0. The number of nitrogens with two attached hydrogens (primary N) is 1. The van der Waals surface area contributed by atoms with Crippen LogP contribution >= 0.6 is 0 Å². The largest absolute Gasteiger partial charge is 0.368 e. The Labute approximate surface area is 162 Å². The molecule has 2 aromatic rings. The summed E-state index contributed by atoms with van der Waals surface area (Å²) in [5.41, 5.74) is 6.91. The lowest BCUT2D eigenvalue weighted by Gasteiger charge is -2.21. The summed E-state index contributed by atoms with van der Waals surface area (Å²) in [5, 5.41) is 8.54. The van der Waals surface area contributed by atoms with Crippen molar-refractivity contribution in [3.8, 4) is 0 Å². The van der Waals surface area contributed by atoms with Crippen LogP contribution in [0.1, 0.15) is 26.3 Å². The lowest BCUT2D eigenvalue weighted by molar-refractivity contribution is -0.132. The molecule has 1 aromatic carbocycles. The zero-order valence-corrected chi connectivity index (χ0v) is 16.0. The van der Waals surface area contributed by atoms with Crippen molar-refractivity contribution in [2.24, 2.45) is 5.73 Å². The van der Waals surface area contributed by atoms with Crippen LogP contribution in [0.3, 0.4) is 0 Å². The van der Waals surface area contributed by atoms with Crippen LogP contribution in [0.5, 0.6) is 0 Å².